The summed E-state index contributed by atoms with van der Waals surface area (Å²) in [6.07, 6.45) is 0.723. The van der Waals surface area contributed by atoms with E-state index < -0.39 is 6.61 Å². The van der Waals surface area contributed by atoms with Crippen LogP contribution in [0.1, 0.15) is 36.6 Å². The third-order valence-corrected chi connectivity index (χ3v) is 5.07. The summed E-state index contributed by atoms with van der Waals surface area (Å²) in [7, 11) is 0. The number of carbonyl (C=O) groups is 1. The topological polar surface area (TPSA) is 56.3 Å². The minimum Gasteiger partial charge on any atom is -0.387 e. The second kappa shape index (κ2) is 7.41. The first-order chi connectivity index (χ1) is 10.4. The Morgan fingerprint density at radius 2 is 2.13 bits per heavy atom. The summed E-state index contributed by atoms with van der Waals surface area (Å²) in [5, 5.41) is 11.2. The number of carbonyl (C=O) groups excluding carboxylic acids is 1. The predicted molar refractivity (Wildman–Crippen MR) is 88.6 cm³/mol. The van der Waals surface area contributed by atoms with Gasteiger partial charge in [-0.2, -0.15) is 0 Å². The number of amides is 1. The van der Waals surface area contributed by atoms with Gasteiger partial charge in [-0.25, -0.2) is 0 Å². The van der Waals surface area contributed by atoms with Crippen molar-refractivity contribution in [2.75, 3.05) is 13.2 Å². The number of halogens is 2. The molecule has 2 N–H and O–H groups in total. The van der Waals surface area contributed by atoms with Crippen LogP contribution in [-0.4, -0.2) is 34.0 Å². The molecule has 0 saturated carbocycles. The van der Waals surface area contributed by atoms with Gasteiger partial charge in [0.25, 0.3) is 0 Å². The van der Waals surface area contributed by atoms with Crippen LogP contribution in [0.15, 0.2) is 6.07 Å². The third-order valence-electron chi connectivity index (χ3n) is 4.28. The van der Waals surface area contributed by atoms with Gasteiger partial charge in [0, 0.05) is 68.9 Å². The molecule has 1 aromatic heterocycles. The molecule has 2 aromatic rings. The maximum atomic E-state index is 11.8. The fraction of sp³-hybridized carbons (Fsp3) is 0.438. The average Bonchev–Trinajstić information content (AvgIpc) is 2.88. The standard InChI is InChI=1S/C16H18Cl2N2O2.Y/c1-8(2)9-5-11(17)15(18)16-14(9)10-6-20(13(22)7-21)4-3-12(10)19-16;/h5,8,19,21H,3-4,6-7H2,1-2H3;. The number of H-pyrrole nitrogens is 1. The number of aliphatic hydroxyl groups is 1. The third kappa shape index (κ3) is 3.34. The summed E-state index contributed by atoms with van der Waals surface area (Å²) in [5.41, 5.74) is 4.16. The van der Waals surface area contributed by atoms with E-state index in [1.165, 1.54) is 0 Å². The molecule has 1 amide bonds. The van der Waals surface area contributed by atoms with Gasteiger partial charge in [-0.3, -0.25) is 4.79 Å². The Hall–Kier alpha value is -0.126. The van der Waals surface area contributed by atoms with Crippen LogP contribution in [0.2, 0.25) is 10.0 Å². The van der Waals surface area contributed by atoms with Crippen LogP contribution >= 0.6 is 23.2 Å². The van der Waals surface area contributed by atoms with Crippen molar-refractivity contribution < 1.29 is 42.6 Å². The van der Waals surface area contributed by atoms with Crippen LogP contribution in [0.5, 0.6) is 0 Å². The Kier molecular flexibility index (Phi) is 6.18. The molecule has 0 aliphatic carbocycles. The van der Waals surface area contributed by atoms with Gasteiger partial charge in [0.2, 0.25) is 5.91 Å². The van der Waals surface area contributed by atoms with Gasteiger partial charge < -0.3 is 15.0 Å². The van der Waals surface area contributed by atoms with Crippen LogP contribution in [0.4, 0.5) is 0 Å². The molecule has 0 atom stereocenters. The molecular formula is C16H18Cl2N2O2Y. The molecule has 1 aromatic carbocycles. The van der Waals surface area contributed by atoms with Gasteiger partial charge in [-0.05, 0) is 17.5 Å². The van der Waals surface area contributed by atoms with E-state index in [1.54, 1.807) is 4.90 Å². The summed E-state index contributed by atoms with van der Waals surface area (Å²) in [4.78, 5) is 16.9. The molecule has 121 valence electrons. The molecule has 23 heavy (non-hydrogen) atoms. The zero-order chi connectivity index (χ0) is 16.0. The molecular weight excluding hydrogens is 412 g/mol. The van der Waals surface area contributed by atoms with E-state index in [2.05, 4.69) is 18.8 Å². The van der Waals surface area contributed by atoms with Crippen LogP contribution in [-0.2, 0) is 50.5 Å². The van der Waals surface area contributed by atoms with Crippen LogP contribution in [0.3, 0.4) is 0 Å². The van der Waals surface area contributed by atoms with E-state index in [1.807, 2.05) is 6.07 Å². The second-order valence-corrected chi connectivity index (χ2v) is 6.76. The normalized spacial score (nSPS) is 14.1. The summed E-state index contributed by atoms with van der Waals surface area (Å²) in [6.45, 7) is 4.85. The zero-order valence-electron chi connectivity index (χ0n) is 13.1. The fourth-order valence-electron chi connectivity index (χ4n) is 3.14. The van der Waals surface area contributed by atoms with Gasteiger partial charge in [0.15, 0.2) is 0 Å². The number of fused-ring (bicyclic) bond motifs is 3. The maximum Gasteiger partial charge on any atom is 0.248 e. The molecule has 4 nitrogen and oxygen atoms in total. The molecule has 0 saturated heterocycles. The SMILES string of the molecule is CC(C)c1cc(Cl)c(Cl)c2[nH]c3c(c12)CN(C(=O)CO)CC3.[Y]. The monoisotopic (exact) mass is 429 g/mol. The number of nitrogens with one attached hydrogen (secondary N) is 1. The first kappa shape index (κ1) is 19.2. The van der Waals surface area contributed by atoms with E-state index >= 15 is 0 Å². The van der Waals surface area contributed by atoms with Crippen LogP contribution < -0.4 is 0 Å². The molecule has 0 fully saturated rings. The fourth-order valence-corrected chi connectivity index (χ4v) is 3.55. The Bertz CT molecular complexity index is 758. The predicted octanol–water partition coefficient (Wildman–Crippen LogP) is 3.47. The molecule has 1 aliphatic rings. The van der Waals surface area contributed by atoms with E-state index in [4.69, 9.17) is 28.3 Å². The van der Waals surface area contributed by atoms with Crippen molar-refractivity contribution >= 4 is 40.0 Å². The molecule has 0 spiro atoms. The molecule has 0 bridgehead atoms. The minimum atomic E-state index is -0.457. The van der Waals surface area contributed by atoms with E-state index in [0.29, 0.717) is 29.1 Å². The van der Waals surface area contributed by atoms with Gasteiger partial charge in [-0.1, -0.05) is 37.0 Å². The number of nitrogens with zero attached hydrogens (tertiary/aromatic N) is 1. The van der Waals surface area contributed by atoms with Crippen LogP contribution in [0.25, 0.3) is 10.9 Å². The Labute approximate surface area is 170 Å². The van der Waals surface area contributed by atoms with E-state index in [-0.39, 0.29) is 38.6 Å². The van der Waals surface area contributed by atoms with Gasteiger partial charge in [0.1, 0.15) is 6.61 Å². The Morgan fingerprint density at radius 1 is 1.43 bits per heavy atom. The van der Waals surface area contributed by atoms with E-state index in [0.717, 1.165) is 34.1 Å². The summed E-state index contributed by atoms with van der Waals surface area (Å²) < 4.78 is 0. The van der Waals surface area contributed by atoms with Crippen molar-refractivity contribution in [3.63, 3.8) is 0 Å². The van der Waals surface area contributed by atoms with Crippen molar-refractivity contribution in [3.8, 4) is 0 Å². The molecule has 2 heterocycles. The maximum absolute atomic E-state index is 11.8. The van der Waals surface area contributed by atoms with E-state index in [9.17, 15) is 4.79 Å². The van der Waals surface area contributed by atoms with Crippen molar-refractivity contribution in [2.45, 2.75) is 32.7 Å². The quantitative estimate of drug-likeness (QED) is 0.767. The van der Waals surface area contributed by atoms with Crippen molar-refractivity contribution in [3.05, 3.63) is 32.9 Å². The molecule has 1 aliphatic heterocycles. The summed E-state index contributed by atoms with van der Waals surface area (Å²) in [6, 6.07) is 1.91. The summed E-state index contributed by atoms with van der Waals surface area (Å²) >= 11 is 12.6. The van der Waals surface area contributed by atoms with Crippen LogP contribution in [0, 0.1) is 0 Å². The summed E-state index contributed by atoms with van der Waals surface area (Å²) in [5.74, 6) is 0.0484. The van der Waals surface area contributed by atoms with Gasteiger partial charge in [-0.15, -0.1) is 0 Å². The zero-order valence-corrected chi connectivity index (χ0v) is 17.5. The number of aromatic amines is 1. The average molecular weight is 430 g/mol. The van der Waals surface area contributed by atoms with Crippen molar-refractivity contribution in [1.82, 2.24) is 9.88 Å². The minimum absolute atomic E-state index is 0. The molecule has 3 rings (SSSR count). The largest absolute Gasteiger partial charge is 0.387 e. The number of benzene rings is 1. The Balaban J connectivity index is 0.00000192. The molecule has 0 unspecified atom stereocenters. The Morgan fingerprint density at radius 3 is 2.74 bits per heavy atom. The number of rotatable bonds is 2. The number of aliphatic hydroxyl groups excluding tert-OH is 1. The van der Waals surface area contributed by atoms with Crippen molar-refractivity contribution in [1.29, 1.82) is 0 Å². The molecule has 1 radical (unpaired) electrons. The number of hydrogen-bond donors (Lipinski definition) is 2. The second-order valence-electron chi connectivity index (χ2n) is 5.97. The number of aromatic nitrogens is 1. The first-order valence-electron chi connectivity index (χ1n) is 7.34. The first-order valence-corrected chi connectivity index (χ1v) is 8.09. The molecule has 7 heteroatoms. The smallest absolute Gasteiger partial charge is 0.248 e. The number of hydrogen-bond acceptors (Lipinski definition) is 2. The van der Waals surface area contributed by atoms with Gasteiger partial charge in [0.05, 0.1) is 15.6 Å². The van der Waals surface area contributed by atoms with Gasteiger partial charge >= 0.3 is 0 Å². The van der Waals surface area contributed by atoms with Crippen molar-refractivity contribution in [2.24, 2.45) is 0 Å².